The van der Waals surface area contributed by atoms with Gasteiger partial charge in [-0.15, -0.1) is 11.8 Å². The first-order valence-electron chi connectivity index (χ1n) is 7.04. The molecule has 0 bridgehead atoms. The van der Waals surface area contributed by atoms with Crippen LogP contribution in [0.2, 0.25) is 5.02 Å². The average molecular weight is 368 g/mol. The summed E-state index contributed by atoms with van der Waals surface area (Å²) in [6.45, 7) is 1.46. The van der Waals surface area contributed by atoms with Crippen LogP contribution < -0.4 is 5.32 Å². The third-order valence-electron chi connectivity index (χ3n) is 3.01. The van der Waals surface area contributed by atoms with Crippen LogP contribution >= 0.6 is 23.4 Å². The molecule has 4 nitrogen and oxygen atoms in total. The smallest absolute Gasteiger partial charge is 0.316 e. The summed E-state index contributed by atoms with van der Waals surface area (Å²) in [5.74, 6) is -1.69. The number of benzene rings is 2. The van der Waals surface area contributed by atoms with Crippen LogP contribution in [0, 0.1) is 12.7 Å². The lowest BCUT2D eigenvalue weighted by atomic mass is 10.2. The molecule has 0 atom stereocenters. The first-order valence-corrected chi connectivity index (χ1v) is 8.41. The number of amides is 1. The van der Waals surface area contributed by atoms with Crippen molar-refractivity contribution in [2.75, 3.05) is 17.7 Å². The van der Waals surface area contributed by atoms with Gasteiger partial charge in [-0.3, -0.25) is 9.59 Å². The number of carbonyl (C=O) groups is 2. The maximum absolute atomic E-state index is 13.5. The summed E-state index contributed by atoms with van der Waals surface area (Å²) in [6.07, 6.45) is 0. The highest BCUT2D eigenvalue weighted by Crippen LogP contribution is 2.22. The fourth-order valence-electron chi connectivity index (χ4n) is 1.82. The fraction of sp³-hybridized carbons (Fsp3) is 0.176. The first kappa shape index (κ1) is 18.3. The standard InChI is InChI=1S/C17H15ClFNO3S/c1-11-4-2-3-5-15(11)24-10-17(22)23-9-16(21)20-14-8-12(18)6-7-13(14)19/h2-8H,9-10H2,1H3,(H,20,21). The summed E-state index contributed by atoms with van der Waals surface area (Å²) in [5, 5.41) is 2.60. The summed E-state index contributed by atoms with van der Waals surface area (Å²) >= 11 is 7.07. The Kier molecular flexibility index (Phi) is 6.63. The molecule has 1 amide bonds. The Morgan fingerprint density at radius 1 is 1.25 bits per heavy atom. The van der Waals surface area contributed by atoms with Crippen molar-refractivity contribution in [2.24, 2.45) is 0 Å². The second-order valence-corrected chi connectivity index (χ2v) is 6.34. The van der Waals surface area contributed by atoms with Crippen LogP contribution in [-0.4, -0.2) is 24.2 Å². The lowest BCUT2D eigenvalue weighted by Gasteiger charge is -2.08. The zero-order valence-corrected chi connectivity index (χ0v) is 14.4. The van der Waals surface area contributed by atoms with Gasteiger partial charge in [0.15, 0.2) is 6.61 Å². The van der Waals surface area contributed by atoms with Gasteiger partial charge < -0.3 is 10.1 Å². The van der Waals surface area contributed by atoms with Crippen molar-refractivity contribution in [3.8, 4) is 0 Å². The van der Waals surface area contributed by atoms with Crippen molar-refractivity contribution in [1.29, 1.82) is 0 Å². The molecule has 7 heteroatoms. The van der Waals surface area contributed by atoms with Gasteiger partial charge in [0.25, 0.3) is 5.91 Å². The summed E-state index contributed by atoms with van der Waals surface area (Å²) in [7, 11) is 0. The number of anilines is 1. The molecular formula is C17H15ClFNO3S. The summed E-state index contributed by atoms with van der Waals surface area (Å²) in [6, 6.07) is 11.4. The topological polar surface area (TPSA) is 55.4 Å². The van der Waals surface area contributed by atoms with Crippen molar-refractivity contribution in [2.45, 2.75) is 11.8 Å². The first-order chi connectivity index (χ1) is 11.5. The molecule has 0 heterocycles. The molecule has 0 fully saturated rings. The molecule has 2 aromatic carbocycles. The third-order valence-corrected chi connectivity index (χ3v) is 4.39. The average Bonchev–Trinajstić information content (AvgIpc) is 2.55. The van der Waals surface area contributed by atoms with Gasteiger partial charge in [-0.1, -0.05) is 29.8 Å². The number of rotatable bonds is 6. The SMILES string of the molecule is Cc1ccccc1SCC(=O)OCC(=O)Nc1cc(Cl)ccc1F. The zero-order chi connectivity index (χ0) is 17.5. The van der Waals surface area contributed by atoms with Gasteiger partial charge in [0, 0.05) is 9.92 Å². The summed E-state index contributed by atoms with van der Waals surface area (Å²) < 4.78 is 18.4. The van der Waals surface area contributed by atoms with Gasteiger partial charge in [-0.2, -0.15) is 0 Å². The van der Waals surface area contributed by atoms with E-state index < -0.39 is 24.3 Å². The molecule has 1 N–H and O–H groups in total. The summed E-state index contributed by atoms with van der Waals surface area (Å²) in [5.41, 5.74) is 1.00. The number of thioether (sulfide) groups is 1. The van der Waals surface area contributed by atoms with E-state index in [0.717, 1.165) is 16.5 Å². The van der Waals surface area contributed by atoms with E-state index in [0.29, 0.717) is 5.02 Å². The molecule has 0 aliphatic heterocycles. The number of carbonyl (C=O) groups excluding carboxylic acids is 2. The van der Waals surface area contributed by atoms with E-state index in [1.807, 2.05) is 31.2 Å². The van der Waals surface area contributed by atoms with Crippen LogP contribution in [0.5, 0.6) is 0 Å². The largest absolute Gasteiger partial charge is 0.455 e. The molecule has 126 valence electrons. The van der Waals surface area contributed by atoms with Gasteiger partial charge in [-0.25, -0.2) is 4.39 Å². The molecule has 0 aliphatic rings. The van der Waals surface area contributed by atoms with Gasteiger partial charge >= 0.3 is 5.97 Å². The second kappa shape index (κ2) is 8.70. The quantitative estimate of drug-likeness (QED) is 0.618. The number of ether oxygens (including phenoxy) is 1. The van der Waals surface area contributed by atoms with Crippen LogP contribution in [0.1, 0.15) is 5.56 Å². The number of nitrogens with one attached hydrogen (secondary N) is 1. The normalized spacial score (nSPS) is 10.3. The minimum Gasteiger partial charge on any atom is -0.455 e. The van der Waals surface area contributed by atoms with E-state index in [9.17, 15) is 14.0 Å². The van der Waals surface area contributed by atoms with E-state index >= 15 is 0 Å². The highest BCUT2D eigenvalue weighted by Gasteiger charge is 2.11. The van der Waals surface area contributed by atoms with Crippen LogP contribution in [0.25, 0.3) is 0 Å². The lowest BCUT2D eigenvalue weighted by Crippen LogP contribution is -2.22. The van der Waals surface area contributed by atoms with Crippen molar-refractivity contribution in [3.05, 3.63) is 58.9 Å². The number of halogens is 2. The number of hydrogen-bond donors (Lipinski definition) is 1. The molecule has 0 spiro atoms. The van der Waals surface area contributed by atoms with Crippen molar-refractivity contribution >= 4 is 40.9 Å². The van der Waals surface area contributed by atoms with Crippen molar-refractivity contribution in [3.63, 3.8) is 0 Å². The molecule has 0 aromatic heterocycles. The molecule has 0 saturated heterocycles. The predicted octanol–water partition coefficient (Wildman–Crippen LogP) is 4.06. The van der Waals surface area contributed by atoms with Gasteiger partial charge in [-0.05, 0) is 36.8 Å². The Balaban J connectivity index is 1.78. The van der Waals surface area contributed by atoms with Crippen molar-refractivity contribution < 1.29 is 18.7 Å². The molecule has 2 rings (SSSR count). The molecule has 0 radical (unpaired) electrons. The molecule has 2 aromatic rings. The third kappa shape index (κ3) is 5.54. The van der Waals surface area contributed by atoms with Crippen LogP contribution in [-0.2, 0) is 14.3 Å². The maximum atomic E-state index is 13.5. The van der Waals surface area contributed by atoms with Crippen LogP contribution in [0.15, 0.2) is 47.4 Å². The molecule has 0 aliphatic carbocycles. The molecular weight excluding hydrogens is 353 g/mol. The van der Waals surface area contributed by atoms with E-state index in [1.54, 1.807) is 0 Å². The zero-order valence-electron chi connectivity index (χ0n) is 12.8. The Labute approximate surface area is 148 Å². The predicted molar refractivity (Wildman–Crippen MR) is 92.9 cm³/mol. The van der Waals surface area contributed by atoms with E-state index in [4.69, 9.17) is 16.3 Å². The Morgan fingerprint density at radius 3 is 2.75 bits per heavy atom. The monoisotopic (exact) mass is 367 g/mol. The van der Waals surface area contributed by atoms with Gasteiger partial charge in [0.2, 0.25) is 0 Å². The number of esters is 1. The van der Waals surface area contributed by atoms with Crippen LogP contribution in [0.4, 0.5) is 10.1 Å². The highest BCUT2D eigenvalue weighted by molar-refractivity contribution is 8.00. The van der Waals surface area contributed by atoms with Crippen molar-refractivity contribution in [1.82, 2.24) is 0 Å². The van der Waals surface area contributed by atoms with E-state index in [2.05, 4.69) is 5.32 Å². The van der Waals surface area contributed by atoms with Gasteiger partial charge in [0.1, 0.15) is 5.82 Å². The Morgan fingerprint density at radius 2 is 2.00 bits per heavy atom. The van der Waals surface area contributed by atoms with Crippen LogP contribution in [0.3, 0.4) is 0 Å². The fourth-order valence-corrected chi connectivity index (χ4v) is 2.82. The molecule has 0 saturated carbocycles. The number of aryl methyl sites for hydroxylation is 1. The van der Waals surface area contributed by atoms with Gasteiger partial charge in [0.05, 0.1) is 11.4 Å². The second-order valence-electron chi connectivity index (χ2n) is 4.89. The Hall–Kier alpha value is -2.05. The lowest BCUT2D eigenvalue weighted by molar-refractivity contribution is -0.144. The Bertz CT molecular complexity index is 754. The highest BCUT2D eigenvalue weighted by atomic mass is 35.5. The molecule has 0 unspecified atom stereocenters. The summed E-state index contributed by atoms with van der Waals surface area (Å²) in [4.78, 5) is 24.4. The minimum absolute atomic E-state index is 0.0576. The van der Waals surface area contributed by atoms with E-state index in [-0.39, 0.29) is 11.4 Å². The minimum atomic E-state index is -0.634. The maximum Gasteiger partial charge on any atom is 0.316 e. The number of hydrogen-bond acceptors (Lipinski definition) is 4. The molecule has 24 heavy (non-hydrogen) atoms. The van der Waals surface area contributed by atoms with E-state index in [1.165, 1.54) is 23.9 Å².